The number of benzene rings is 1. The number of ketones is 1. The molecule has 0 atom stereocenters. The number of anilines is 1. The van der Waals surface area contributed by atoms with Crippen LogP contribution in [0, 0.1) is 0 Å². The molecule has 0 bridgehead atoms. The van der Waals surface area contributed by atoms with E-state index in [0.29, 0.717) is 0 Å². The lowest BCUT2D eigenvalue weighted by Gasteiger charge is -2.19. The average Bonchev–Trinajstić information content (AvgIpc) is 2.46. The molecule has 98 valence electrons. The van der Waals surface area contributed by atoms with Crippen LogP contribution >= 0.6 is 0 Å². The number of likely N-dealkylation sites (N-methyl/N-ethyl adjacent to an activating group) is 1. The van der Waals surface area contributed by atoms with Crippen LogP contribution in [0.3, 0.4) is 0 Å². The first-order valence-corrected chi connectivity index (χ1v) is 6.38. The highest BCUT2D eigenvalue weighted by molar-refractivity contribution is 5.94. The van der Waals surface area contributed by atoms with Crippen LogP contribution < -0.4 is 4.90 Å². The Morgan fingerprint density at radius 2 is 1.74 bits per heavy atom. The van der Waals surface area contributed by atoms with Crippen molar-refractivity contribution in [2.24, 2.45) is 0 Å². The minimum atomic E-state index is 0.103. The standard InChI is InChI=1S/C16H18N2O/c1-13(19)15-3-5-16(6-4-15)18(2)12-9-14-7-10-17-11-8-14/h3-8,10-11H,9,12H2,1-2H3. The lowest BCUT2D eigenvalue weighted by Crippen LogP contribution is -2.20. The molecular weight excluding hydrogens is 236 g/mol. The number of hydrogen-bond acceptors (Lipinski definition) is 3. The van der Waals surface area contributed by atoms with Gasteiger partial charge in [-0.1, -0.05) is 0 Å². The predicted molar refractivity (Wildman–Crippen MR) is 77.7 cm³/mol. The Hall–Kier alpha value is -2.16. The number of pyridine rings is 1. The van der Waals surface area contributed by atoms with E-state index < -0.39 is 0 Å². The summed E-state index contributed by atoms with van der Waals surface area (Å²) in [4.78, 5) is 17.4. The summed E-state index contributed by atoms with van der Waals surface area (Å²) in [7, 11) is 2.06. The van der Waals surface area contributed by atoms with Gasteiger partial charge in [-0.15, -0.1) is 0 Å². The summed E-state index contributed by atoms with van der Waals surface area (Å²) in [5.74, 6) is 0.103. The third-order valence-corrected chi connectivity index (χ3v) is 3.20. The maximum absolute atomic E-state index is 11.2. The molecule has 1 heterocycles. The van der Waals surface area contributed by atoms with Gasteiger partial charge in [-0.05, 0) is 55.3 Å². The van der Waals surface area contributed by atoms with Crippen LogP contribution in [0.1, 0.15) is 22.8 Å². The minimum Gasteiger partial charge on any atom is -0.374 e. The molecule has 0 unspecified atom stereocenters. The Labute approximate surface area is 113 Å². The highest BCUT2D eigenvalue weighted by Crippen LogP contribution is 2.14. The minimum absolute atomic E-state index is 0.103. The molecule has 0 aliphatic carbocycles. The van der Waals surface area contributed by atoms with E-state index in [1.54, 1.807) is 6.92 Å². The summed E-state index contributed by atoms with van der Waals surface area (Å²) in [5, 5.41) is 0. The average molecular weight is 254 g/mol. The van der Waals surface area contributed by atoms with Gasteiger partial charge in [-0.25, -0.2) is 0 Å². The fourth-order valence-corrected chi connectivity index (χ4v) is 1.93. The zero-order chi connectivity index (χ0) is 13.7. The van der Waals surface area contributed by atoms with Gasteiger partial charge < -0.3 is 4.90 Å². The van der Waals surface area contributed by atoms with Crippen molar-refractivity contribution in [1.29, 1.82) is 0 Å². The maximum atomic E-state index is 11.2. The van der Waals surface area contributed by atoms with E-state index in [2.05, 4.69) is 16.9 Å². The Bertz CT molecular complexity index is 534. The van der Waals surface area contributed by atoms with Gasteiger partial charge in [0.2, 0.25) is 0 Å². The molecule has 2 rings (SSSR count). The Balaban J connectivity index is 1.96. The highest BCUT2D eigenvalue weighted by Gasteiger charge is 2.03. The van der Waals surface area contributed by atoms with Gasteiger partial charge in [0.25, 0.3) is 0 Å². The molecule has 0 fully saturated rings. The summed E-state index contributed by atoms with van der Waals surface area (Å²) in [6.45, 7) is 2.52. The fourth-order valence-electron chi connectivity index (χ4n) is 1.93. The van der Waals surface area contributed by atoms with E-state index in [-0.39, 0.29) is 5.78 Å². The second-order valence-corrected chi connectivity index (χ2v) is 4.63. The smallest absolute Gasteiger partial charge is 0.159 e. The van der Waals surface area contributed by atoms with E-state index in [0.717, 1.165) is 24.2 Å². The van der Waals surface area contributed by atoms with Crippen molar-refractivity contribution < 1.29 is 4.79 Å². The van der Waals surface area contributed by atoms with Crippen molar-refractivity contribution in [3.8, 4) is 0 Å². The zero-order valence-corrected chi connectivity index (χ0v) is 11.3. The predicted octanol–water partition coefficient (Wildman–Crippen LogP) is 2.96. The summed E-state index contributed by atoms with van der Waals surface area (Å²) >= 11 is 0. The lowest BCUT2D eigenvalue weighted by atomic mass is 10.1. The van der Waals surface area contributed by atoms with Crippen LogP contribution in [0.5, 0.6) is 0 Å². The molecule has 0 aliphatic heterocycles. The van der Waals surface area contributed by atoms with Crippen LogP contribution in [0.15, 0.2) is 48.8 Å². The van der Waals surface area contributed by atoms with Gasteiger partial charge in [0.05, 0.1) is 0 Å². The molecule has 0 spiro atoms. The molecule has 0 aliphatic rings. The molecule has 0 N–H and O–H groups in total. The van der Waals surface area contributed by atoms with Gasteiger partial charge in [-0.3, -0.25) is 9.78 Å². The molecule has 1 aromatic heterocycles. The zero-order valence-electron chi connectivity index (χ0n) is 11.3. The second kappa shape index (κ2) is 6.14. The van der Waals surface area contributed by atoms with E-state index in [1.807, 2.05) is 48.8 Å². The van der Waals surface area contributed by atoms with E-state index in [1.165, 1.54) is 5.56 Å². The van der Waals surface area contributed by atoms with Crippen molar-refractivity contribution in [2.45, 2.75) is 13.3 Å². The van der Waals surface area contributed by atoms with Crippen LogP contribution in [0.4, 0.5) is 5.69 Å². The quantitative estimate of drug-likeness (QED) is 0.769. The Morgan fingerprint density at radius 1 is 1.11 bits per heavy atom. The SMILES string of the molecule is CC(=O)c1ccc(N(C)CCc2ccncc2)cc1. The van der Waals surface area contributed by atoms with E-state index in [4.69, 9.17) is 0 Å². The number of carbonyl (C=O) groups excluding carboxylic acids is 1. The monoisotopic (exact) mass is 254 g/mol. The molecule has 0 amide bonds. The van der Waals surface area contributed by atoms with Crippen molar-refractivity contribution >= 4 is 11.5 Å². The van der Waals surface area contributed by atoms with Gasteiger partial charge >= 0.3 is 0 Å². The topological polar surface area (TPSA) is 33.2 Å². The summed E-state index contributed by atoms with van der Waals surface area (Å²) in [6, 6.07) is 11.8. The lowest BCUT2D eigenvalue weighted by molar-refractivity contribution is 0.101. The number of nitrogens with zero attached hydrogens (tertiary/aromatic N) is 2. The van der Waals surface area contributed by atoms with Gasteiger partial charge in [0, 0.05) is 37.2 Å². The molecule has 3 nitrogen and oxygen atoms in total. The van der Waals surface area contributed by atoms with E-state index >= 15 is 0 Å². The molecule has 2 aromatic rings. The van der Waals surface area contributed by atoms with Crippen LogP contribution in [-0.2, 0) is 6.42 Å². The highest BCUT2D eigenvalue weighted by atomic mass is 16.1. The number of Topliss-reactive ketones (excluding diaryl/α,β-unsaturated/α-hetero) is 1. The number of rotatable bonds is 5. The Kier molecular flexibility index (Phi) is 4.29. The third-order valence-electron chi connectivity index (χ3n) is 3.20. The van der Waals surface area contributed by atoms with Crippen LogP contribution in [0.2, 0.25) is 0 Å². The van der Waals surface area contributed by atoms with Gasteiger partial charge in [0.15, 0.2) is 5.78 Å². The first kappa shape index (κ1) is 13.3. The van der Waals surface area contributed by atoms with Crippen molar-refractivity contribution in [3.05, 3.63) is 59.9 Å². The van der Waals surface area contributed by atoms with Crippen molar-refractivity contribution in [3.63, 3.8) is 0 Å². The third kappa shape index (κ3) is 3.65. The summed E-state index contributed by atoms with van der Waals surface area (Å²) < 4.78 is 0. The first-order valence-electron chi connectivity index (χ1n) is 6.38. The first-order chi connectivity index (χ1) is 9.16. The van der Waals surface area contributed by atoms with Gasteiger partial charge in [0.1, 0.15) is 0 Å². The van der Waals surface area contributed by atoms with Crippen molar-refractivity contribution in [2.75, 3.05) is 18.5 Å². The molecule has 0 saturated carbocycles. The van der Waals surface area contributed by atoms with E-state index in [9.17, 15) is 4.79 Å². The largest absolute Gasteiger partial charge is 0.374 e. The maximum Gasteiger partial charge on any atom is 0.159 e. The molecule has 19 heavy (non-hydrogen) atoms. The number of aromatic nitrogens is 1. The summed E-state index contributed by atoms with van der Waals surface area (Å²) in [5.41, 5.74) is 3.16. The molecular formula is C16H18N2O. The molecule has 3 heteroatoms. The van der Waals surface area contributed by atoms with Gasteiger partial charge in [-0.2, -0.15) is 0 Å². The van der Waals surface area contributed by atoms with Crippen molar-refractivity contribution in [1.82, 2.24) is 4.98 Å². The number of carbonyl (C=O) groups is 1. The van der Waals surface area contributed by atoms with Crippen LogP contribution in [0.25, 0.3) is 0 Å². The normalized spacial score (nSPS) is 10.2. The molecule has 0 radical (unpaired) electrons. The summed E-state index contributed by atoms with van der Waals surface area (Å²) in [6.07, 6.45) is 4.61. The molecule has 0 saturated heterocycles. The van der Waals surface area contributed by atoms with Crippen LogP contribution in [-0.4, -0.2) is 24.4 Å². The molecule has 1 aromatic carbocycles. The Morgan fingerprint density at radius 3 is 2.32 bits per heavy atom. The fraction of sp³-hybridized carbons (Fsp3) is 0.250. The second-order valence-electron chi connectivity index (χ2n) is 4.63. The number of hydrogen-bond donors (Lipinski definition) is 0.